The average molecular weight is 272 g/mol. The van der Waals surface area contributed by atoms with Crippen molar-refractivity contribution in [2.24, 2.45) is 11.3 Å². The Hall–Kier alpha value is -0.240. The summed E-state index contributed by atoms with van der Waals surface area (Å²) < 4.78 is 0. The number of hydrogen-bond acceptors (Lipinski definition) is 1. The summed E-state index contributed by atoms with van der Waals surface area (Å²) in [6.07, 6.45) is 8.35. The molecule has 2 aliphatic carbocycles. The van der Waals surface area contributed by atoms with E-state index in [0.717, 1.165) is 13.0 Å². The molecule has 1 unspecified atom stereocenters. The molecule has 0 aliphatic heterocycles. The summed E-state index contributed by atoms with van der Waals surface area (Å²) in [5, 5.41) is 0. The molecule has 0 aromatic rings. The average Bonchev–Trinajstić information content (AvgIpc) is 2.24. The number of amides is 1. The molecule has 1 atom stereocenters. The third-order valence-electron chi connectivity index (χ3n) is 4.93. The van der Waals surface area contributed by atoms with Gasteiger partial charge >= 0.3 is 0 Å². The van der Waals surface area contributed by atoms with Crippen LogP contribution in [-0.4, -0.2) is 29.3 Å². The molecule has 0 spiro atoms. The lowest BCUT2D eigenvalue weighted by Crippen LogP contribution is -2.51. The summed E-state index contributed by atoms with van der Waals surface area (Å²) in [5.41, 5.74) is 0.170. The van der Waals surface area contributed by atoms with Crippen LogP contribution >= 0.6 is 11.6 Å². The van der Waals surface area contributed by atoms with Gasteiger partial charge in [-0.15, -0.1) is 11.6 Å². The number of carbonyl (C=O) groups excluding carboxylic acids is 1. The lowest BCUT2D eigenvalue weighted by molar-refractivity contribution is -0.145. The van der Waals surface area contributed by atoms with E-state index in [1.165, 1.54) is 38.5 Å². The number of alkyl halides is 1. The highest BCUT2D eigenvalue weighted by Gasteiger charge is 2.41. The van der Waals surface area contributed by atoms with E-state index in [9.17, 15) is 4.79 Å². The van der Waals surface area contributed by atoms with Crippen molar-refractivity contribution < 1.29 is 4.79 Å². The fraction of sp³-hybridized carbons (Fsp3) is 0.933. The number of rotatable bonds is 4. The third kappa shape index (κ3) is 2.84. The van der Waals surface area contributed by atoms with Gasteiger partial charge in [-0.25, -0.2) is 0 Å². The molecular formula is C15H26ClNO. The number of halogens is 1. The molecule has 0 bridgehead atoms. The maximum atomic E-state index is 12.8. The Balaban J connectivity index is 2.06. The standard InChI is InChI=1S/C15H26ClNO/c1-15(2)9-4-3-8-13(15)14(18)17(11-10-16)12-6-5-7-12/h12-13H,3-11H2,1-2H3. The monoisotopic (exact) mass is 271 g/mol. The molecule has 0 saturated heterocycles. The first kappa shape index (κ1) is 14.2. The minimum absolute atomic E-state index is 0.170. The summed E-state index contributed by atoms with van der Waals surface area (Å²) in [5.74, 6) is 1.16. The van der Waals surface area contributed by atoms with Crippen LogP contribution in [0.5, 0.6) is 0 Å². The highest BCUT2D eigenvalue weighted by Crippen LogP contribution is 2.42. The first-order valence-corrected chi connectivity index (χ1v) is 7.96. The largest absolute Gasteiger partial charge is 0.338 e. The van der Waals surface area contributed by atoms with E-state index in [-0.39, 0.29) is 11.3 Å². The molecule has 0 N–H and O–H groups in total. The van der Waals surface area contributed by atoms with Crippen LogP contribution in [0.15, 0.2) is 0 Å². The Kier molecular flexibility index (Phi) is 4.58. The molecule has 2 fully saturated rings. The predicted molar refractivity (Wildman–Crippen MR) is 75.8 cm³/mol. The lowest BCUT2D eigenvalue weighted by Gasteiger charge is -2.44. The van der Waals surface area contributed by atoms with Gasteiger partial charge in [0.1, 0.15) is 0 Å². The molecule has 0 heterocycles. The van der Waals surface area contributed by atoms with Crippen molar-refractivity contribution >= 4 is 17.5 Å². The maximum absolute atomic E-state index is 12.8. The summed E-state index contributed by atoms with van der Waals surface area (Å²) >= 11 is 5.88. The van der Waals surface area contributed by atoms with E-state index in [1.807, 2.05) is 0 Å². The van der Waals surface area contributed by atoms with Gasteiger partial charge in [-0.2, -0.15) is 0 Å². The van der Waals surface area contributed by atoms with E-state index in [0.29, 0.717) is 17.8 Å². The second-order valence-corrected chi connectivity index (χ2v) is 6.97. The minimum Gasteiger partial charge on any atom is -0.338 e. The van der Waals surface area contributed by atoms with E-state index in [1.54, 1.807) is 0 Å². The van der Waals surface area contributed by atoms with Gasteiger partial charge in [0, 0.05) is 24.4 Å². The zero-order valence-corrected chi connectivity index (χ0v) is 12.5. The Morgan fingerprint density at radius 2 is 1.94 bits per heavy atom. The van der Waals surface area contributed by atoms with Crippen molar-refractivity contribution in [1.82, 2.24) is 4.90 Å². The quantitative estimate of drug-likeness (QED) is 0.712. The Morgan fingerprint density at radius 3 is 2.44 bits per heavy atom. The lowest BCUT2D eigenvalue weighted by atomic mass is 9.68. The van der Waals surface area contributed by atoms with Crippen LogP contribution in [0.1, 0.15) is 58.8 Å². The zero-order valence-electron chi connectivity index (χ0n) is 11.8. The zero-order chi connectivity index (χ0) is 13.2. The SMILES string of the molecule is CC1(C)CCCCC1C(=O)N(CCCl)C1CCC1. The van der Waals surface area contributed by atoms with Crippen LogP contribution in [0.3, 0.4) is 0 Å². The minimum atomic E-state index is 0.170. The number of carbonyl (C=O) groups is 1. The van der Waals surface area contributed by atoms with Crippen LogP contribution in [0.25, 0.3) is 0 Å². The number of hydrogen-bond donors (Lipinski definition) is 0. The normalized spacial score (nSPS) is 27.6. The molecule has 2 nitrogen and oxygen atoms in total. The maximum Gasteiger partial charge on any atom is 0.226 e. The van der Waals surface area contributed by atoms with E-state index >= 15 is 0 Å². The summed E-state index contributed by atoms with van der Waals surface area (Å²) in [6.45, 7) is 5.25. The second-order valence-electron chi connectivity index (χ2n) is 6.59. The number of nitrogens with zero attached hydrogens (tertiary/aromatic N) is 1. The van der Waals surface area contributed by atoms with Crippen LogP contribution in [0.2, 0.25) is 0 Å². The Morgan fingerprint density at radius 1 is 1.22 bits per heavy atom. The van der Waals surface area contributed by atoms with Crippen LogP contribution in [0, 0.1) is 11.3 Å². The van der Waals surface area contributed by atoms with Gasteiger partial charge in [0.25, 0.3) is 0 Å². The van der Waals surface area contributed by atoms with Gasteiger partial charge in [-0.3, -0.25) is 4.79 Å². The highest BCUT2D eigenvalue weighted by molar-refractivity contribution is 6.18. The van der Waals surface area contributed by atoms with Gasteiger partial charge in [-0.1, -0.05) is 26.7 Å². The van der Waals surface area contributed by atoms with Gasteiger partial charge in [0.05, 0.1) is 0 Å². The molecule has 3 heteroatoms. The predicted octanol–water partition coefficient (Wildman–Crippen LogP) is 3.82. The smallest absolute Gasteiger partial charge is 0.226 e. The molecule has 1 amide bonds. The van der Waals surface area contributed by atoms with E-state index in [2.05, 4.69) is 18.7 Å². The van der Waals surface area contributed by atoms with Crippen molar-refractivity contribution in [2.45, 2.75) is 64.8 Å². The highest BCUT2D eigenvalue weighted by atomic mass is 35.5. The Labute approximate surface area is 116 Å². The van der Waals surface area contributed by atoms with Gasteiger partial charge < -0.3 is 4.90 Å². The van der Waals surface area contributed by atoms with Gasteiger partial charge in [0.15, 0.2) is 0 Å². The molecule has 0 radical (unpaired) electrons. The molecule has 2 rings (SSSR count). The van der Waals surface area contributed by atoms with Crippen molar-refractivity contribution in [1.29, 1.82) is 0 Å². The van der Waals surface area contributed by atoms with Crippen molar-refractivity contribution in [2.75, 3.05) is 12.4 Å². The Bertz CT molecular complexity index is 299. The molecule has 0 aromatic heterocycles. The molecule has 104 valence electrons. The fourth-order valence-corrected chi connectivity index (χ4v) is 3.60. The first-order valence-electron chi connectivity index (χ1n) is 7.43. The summed E-state index contributed by atoms with van der Waals surface area (Å²) in [4.78, 5) is 14.9. The molecule has 0 aromatic carbocycles. The van der Waals surface area contributed by atoms with Gasteiger partial charge in [-0.05, 0) is 37.5 Å². The van der Waals surface area contributed by atoms with Crippen LogP contribution in [-0.2, 0) is 4.79 Å². The van der Waals surface area contributed by atoms with E-state index < -0.39 is 0 Å². The van der Waals surface area contributed by atoms with Crippen molar-refractivity contribution in [3.8, 4) is 0 Å². The fourth-order valence-electron chi connectivity index (χ4n) is 3.41. The van der Waals surface area contributed by atoms with Crippen molar-refractivity contribution in [3.63, 3.8) is 0 Å². The molecule has 2 aliphatic rings. The first-order chi connectivity index (χ1) is 8.56. The van der Waals surface area contributed by atoms with Gasteiger partial charge in [0.2, 0.25) is 5.91 Å². The molecule has 18 heavy (non-hydrogen) atoms. The second kappa shape index (κ2) is 5.81. The van der Waals surface area contributed by atoms with Crippen molar-refractivity contribution in [3.05, 3.63) is 0 Å². The molecule has 2 saturated carbocycles. The van der Waals surface area contributed by atoms with Crippen LogP contribution in [0.4, 0.5) is 0 Å². The third-order valence-corrected chi connectivity index (χ3v) is 5.10. The molecular weight excluding hydrogens is 246 g/mol. The van der Waals surface area contributed by atoms with E-state index in [4.69, 9.17) is 11.6 Å². The summed E-state index contributed by atoms with van der Waals surface area (Å²) in [7, 11) is 0. The topological polar surface area (TPSA) is 20.3 Å². The summed E-state index contributed by atoms with van der Waals surface area (Å²) in [6, 6.07) is 0.481. The van der Waals surface area contributed by atoms with Crippen LogP contribution < -0.4 is 0 Å².